The first-order chi connectivity index (χ1) is 12.9. The monoisotopic (exact) mass is 336 g/mol. The Labute approximate surface area is 150 Å². The van der Waals surface area contributed by atoms with Gasteiger partial charge in [-0.05, 0) is 42.5 Å². The number of nitrogens with zero attached hydrogens (tertiary/aromatic N) is 1. The van der Waals surface area contributed by atoms with E-state index in [1.807, 2.05) is 60.8 Å². The number of rotatable bonds is 3. The number of anilines is 2. The van der Waals surface area contributed by atoms with E-state index in [1.54, 1.807) is 0 Å². The van der Waals surface area contributed by atoms with Crippen molar-refractivity contribution in [3.63, 3.8) is 0 Å². The second kappa shape index (κ2) is 6.05. The number of aromatic nitrogens is 1. The van der Waals surface area contributed by atoms with Gasteiger partial charge in [0.1, 0.15) is 11.2 Å². The smallest absolute Gasteiger partial charge is 0.136 e. The number of fused-ring (bicyclic) bond motifs is 3. The first-order valence-corrected chi connectivity index (χ1v) is 8.57. The van der Waals surface area contributed by atoms with Crippen LogP contribution in [0.1, 0.15) is 0 Å². The van der Waals surface area contributed by atoms with E-state index in [9.17, 15) is 0 Å². The molecule has 0 unspecified atom stereocenters. The van der Waals surface area contributed by atoms with Gasteiger partial charge >= 0.3 is 0 Å². The van der Waals surface area contributed by atoms with Crippen LogP contribution in [-0.2, 0) is 0 Å². The Morgan fingerprint density at radius 2 is 1.50 bits per heavy atom. The summed E-state index contributed by atoms with van der Waals surface area (Å²) < 4.78 is 6.06. The van der Waals surface area contributed by atoms with Crippen LogP contribution in [0.2, 0.25) is 0 Å². The molecular weight excluding hydrogens is 320 g/mol. The van der Waals surface area contributed by atoms with Crippen LogP contribution >= 0.6 is 0 Å². The lowest BCUT2D eigenvalue weighted by atomic mass is 10.0. The summed E-state index contributed by atoms with van der Waals surface area (Å²) in [7, 11) is 0. The highest BCUT2D eigenvalue weighted by Crippen LogP contribution is 2.37. The summed E-state index contributed by atoms with van der Waals surface area (Å²) in [6.45, 7) is 0. The SMILES string of the molecule is c1ccc(Nc2cc3c(cc2-c2ccccn2)oc2ccccc23)cc1. The lowest BCUT2D eigenvalue weighted by Crippen LogP contribution is -1.94. The molecule has 5 aromatic rings. The lowest BCUT2D eigenvalue weighted by molar-refractivity contribution is 0.669. The maximum absolute atomic E-state index is 6.06. The summed E-state index contributed by atoms with van der Waals surface area (Å²) in [6.07, 6.45) is 1.81. The molecule has 124 valence electrons. The van der Waals surface area contributed by atoms with Crippen LogP contribution in [0.3, 0.4) is 0 Å². The van der Waals surface area contributed by atoms with Gasteiger partial charge in [0, 0.05) is 33.9 Å². The fraction of sp³-hybridized carbons (Fsp3) is 0. The third-order valence-electron chi connectivity index (χ3n) is 4.51. The molecule has 0 spiro atoms. The van der Waals surface area contributed by atoms with Gasteiger partial charge in [-0.3, -0.25) is 4.98 Å². The third-order valence-corrected chi connectivity index (χ3v) is 4.51. The van der Waals surface area contributed by atoms with Crippen LogP contribution in [-0.4, -0.2) is 4.98 Å². The summed E-state index contributed by atoms with van der Waals surface area (Å²) >= 11 is 0. The maximum Gasteiger partial charge on any atom is 0.136 e. The van der Waals surface area contributed by atoms with Crippen molar-refractivity contribution in [1.82, 2.24) is 4.98 Å². The maximum atomic E-state index is 6.06. The van der Waals surface area contributed by atoms with Gasteiger partial charge in [0.15, 0.2) is 0 Å². The highest BCUT2D eigenvalue weighted by atomic mass is 16.3. The van der Waals surface area contributed by atoms with Gasteiger partial charge in [-0.1, -0.05) is 42.5 Å². The standard InChI is InChI=1S/C23H16N2O/c1-2-8-16(9-3-1)25-21-14-18-17-10-4-5-12-22(17)26-23(18)15-19(21)20-11-6-7-13-24-20/h1-15,25H. The molecule has 0 fully saturated rings. The van der Waals surface area contributed by atoms with Crippen LogP contribution in [0, 0.1) is 0 Å². The molecule has 0 atom stereocenters. The summed E-state index contributed by atoms with van der Waals surface area (Å²) in [6, 6.07) is 28.4. The Morgan fingerprint density at radius 3 is 2.35 bits per heavy atom. The van der Waals surface area contributed by atoms with Gasteiger partial charge in [0.2, 0.25) is 0 Å². The van der Waals surface area contributed by atoms with Crippen molar-refractivity contribution >= 4 is 33.3 Å². The van der Waals surface area contributed by atoms with Gasteiger partial charge < -0.3 is 9.73 Å². The topological polar surface area (TPSA) is 38.1 Å². The molecule has 2 heterocycles. The molecule has 0 radical (unpaired) electrons. The van der Waals surface area contributed by atoms with Crippen molar-refractivity contribution in [1.29, 1.82) is 0 Å². The zero-order valence-electron chi connectivity index (χ0n) is 14.0. The van der Waals surface area contributed by atoms with Crippen LogP contribution in [0.4, 0.5) is 11.4 Å². The van der Waals surface area contributed by atoms with E-state index in [2.05, 4.69) is 40.6 Å². The van der Waals surface area contributed by atoms with Gasteiger partial charge in [-0.2, -0.15) is 0 Å². The minimum absolute atomic E-state index is 0.866. The van der Waals surface area contributed by atoms with Crippen LogP contribution in [0.5, 0.6) is 0 Å². The van der Waals surface area contributed by atoms with Crippen LogP contribution in [0.25, 0.3) is 33.2 Å². The molecule has 3 aromatic carbocycles. The number of hydrogen-bond acceptors (Lipinski definition) is 3. The Hall–Kier alpha value is -3.59. The molecular formula is C23H16N2O. The first-order valence-electron chi connectivity index (χ1n) is 8.57. The molecule has 0 aliphatic carbocycles. The van der Waals surface area contributed by atoms with Gasteiger partial charge in [-0.15, -0.1) is 0 Å². The van der Waals surface area contributed by atoms with Gasteiger partial charge in [0.05, 0.1) is 5.69 Å². The summed E-state index contributed by atoms with van der Waals surface area (Å²) in [5, 5.41) is 5.75. The number of furan rings is 1. The molecule has 26 heavy (non-hydrogen) atoms. The Morgan fingerprint density at radius 1 is 0.692 bits per heavy atom. The predicted octanol–water partition coefficient (Wildman–Crippen LogP) is 6.39. The molecule has 2 aromatic heterocycles. The van der Waals surface area contributed by atoms with Crippen LogP contribution in [0.15, 0.2) is 95.5 Å². The number of nitrogens with one attached hydrogen (secondary N) is 1. The van der Waals surface area contributed by atoms with E-state index in [0.29, 0.717) is 0 Å². The first kappa shape index (κ1) is 14.7. The molecule has 0 amide bonds. The van der Waals surface area contributed by atoms with Crippen LogP contribution < -0.4 is 5.32 Å². The normalized spacial score (nSPS) is 11.1. The molecule has 3 nitrogen and oxygen atoms in total. The van der Waals surface area contributed by atoms with Crippen molar-refractivity contribution in [3.05, 3.63) is 91.1 Å². The molecule has 0 saturated carbocycles. The van der Waals surface area contributed by atoms with Gasteiger partial charge in [-0.25, -0.2) is 0 Å². The number of pyridine rings is 1. The lowest BCUT2D eigenvalue weighted by Gasteiger charge is -2.12. The highest BCUT2D eigenvalue weighted by Gasteiger charge is 2.13. The van der Waals surface area contributed by atoms with E-state index in [1.165, 1.54) is 0 Å². The van der Waals surface area contributed by atoms with E-state index >= 15 is 0 Å². The fourth-order valence-electron chi connectivity index (χ4n) is 3.29. The third kappa shape index (κ3) is 2.50. The molecule has 0 bridgehead atoms. The van der Waals surface area contributed by atoms with E-state index in [0.717, 1.165) is 44.6 Å². The number of para-hydroxylation sites is 2. The molecule has 0 aliphatic rings. The van der Waals surface area contributed by atoms with Crippen molar-refractivity contribution in [3.8, 4) is 11.3 Å². The molecule has 0 saturated heterocycles. The van der Waals surface area contributed by atoms with Crippen molar-refractivity contribution < 1.29 is 4.42 Å². The van der Waals surface area contributed by atoms with Crippen molar-refractivity contribution in [2.45, 2.75) is 0 Å². The molecule has 3 heteroatoms. The minimum atomic E-state index is 0.866. The minimum Gasteiger partial charge on any atom is -0.456 e. The average molecular weight is 336 g/mol. The largest absolute Gasteiger partial charge is 0.456 e. The Bertz CT molecular complexity index is 1190. The van der Waals surface area contributed by atoms with Crippen molar-refractivity contribution in [2.75, 3.05) is 5.32 Å². The zero-order chi connectivity index (χ0) is 17.3. The van der Waals surface area contributed by atoms with E-state index < -0.39 is 0 Å². The Kier molecular flexibility index (Phi) is 3.42. The summed E-state index contributed by atoms with van der Waals surface area (Å²) in [5.74, 6) is 0. The summed E-state index contributed by atoms with van der Waals surface area (Å²) in [4.78, 5) is 4.53. The second-order valence-corrected chi connectivity index (χ2v) is 6.20. The number of benzene rings is 3. The van der Waals surface area contributed by atoms with Crippen molar-refractivity contribution in [2.24, 2.45) is 0 Å². The second-order valence-electron chi connectivity index (χ2n) is 6.20. The molecule has 1 N–H and O–H groups in total. The zero-order valence-corrected chi connectivity index (χ0v) is 14.0. The van der Waals surface area contributed by atoms with E-state index in [4.69, 9.17) is 4.42 Å². The van der Waals surface area contributed by atoms with Gasteiger partial charge in [0.25, 0.3) is 0 Å². The predicted molar refractivity (Wildman–Crippen MR) is 107 cm³/mol. The average Bonchev–Trinajstić information content (AvgIpc) is 3.06. The highest BCUT2D eigenvalue weighted by molar-refractivity contribution is 6.08. The quantitative estimate of drug-likeness (QED) is 0.415. The fourth-order valence-corrected chi connectivity index (χ4v) is 3.29. The molecule has 5 rings (SSSR count). The number of hydrogen-bond donors (Lipinski definition) is 1. The Balaban J connectivity index is 1.77. The summed E-state index contributed by atoms with van der Waals surface area (Å²) in [5.41, 5.74) is 5.73. The molecule has 0 aliphatic heterocycles. The van der Waals surface area contributed by atoms with E-state index in [-0.39, 0.29) is 0 Å².